The molecule has 18 heavy (non-hydrogen) atoms. The van der Waals surface area contributed by atoms with E-state index in [4.69, 9.17) is 4.74 Å². The van der Waals surface area contributed by atoms with Gasteiger partial charge in [0.1, 0.15) is 5.75 Å². The minimum atomic E-state index is 0.733. The van der Waals surface area contributed by atoms with Crippen LogP contribution < -0.4 is 10.1 Å². The van der Waals surface area contributed by atoms with E-state index >= 15 is 0 Å². The van der Waals surface area contributed by atoms with Crippen LogP contribution in [0.1, 0.15) is 17.8 Å². The summed E-state index contributed by atoms with van der Waals surface area (Å²) in [6.07, 6.45) is 2.71. The van der Waals surface area contributed by atoms with E-state index in [-0.39, 0.29) is 0 Å². The van der Waals surface area contributed by atoms with Gasteiger partial charge in [0.05, 0.1) is 18.6 Å². The fourth-order valence-corrected chi connectivity index (χ4v) is 1.68. The van der Waals surface area contributed by atoms with Crippen molar-refractivity contribution < 1.29 is 4.74 Å². The molecule has 0 fully saturated rings. The van der Waals surface area contributed by atoms with Crippen LogP contribution in [0.15, 0.2) is 36.7 Å². The van der Waals surface area contributed by atoms with Crippen LogP contribution in [0.4, 0.5) is 0 Å². The van der Waals surface area contributed by atoms with Crippen LogP contribution in [0.25, 0.3) is 0 Å². The van der Waals surface area contributed by atoms with Gasteiger partial charge < -0.3 is 15.0 Å². The van der Waals surface area contributed by atoms with E-state index in [1.165, 1.54) is 0 Å². The van der Waals surface area contributed by atoms with Crippen molar-refractivity contribution in [3.8, 4) is 5.75 Å². The molecule has 2 rings (SSSR count). The molecule has 0 spiro atoms. The number of hydrogen-bond donors (Lipinski definition) is 2. The average Bonchev–Trinajstić information content (AvgIpc) is 2.81. The first kappa shape index (κ1) is 12.6. The number of aromatic nitrogens is 2. The quantitative estimate of drug-likeness (QED) is 0.736. The third-order valence-corrected chi connectivity index (χ3v) is 2.74. The minimum absolute atomic E-state index is 0.733. The molecule has 0 saturated heterocycles. The molecule has 0 unspecified atom stereocenters. The van der Waals surface area contributed by atoms with Crippen LogP contribution in [0.5, 0.6) is 5.75 Å². The Morgan fingerprint density at radius 3 is 2.83 bits per heavy atom. The molecule has 4 nitrogen and oxygen atoms in total. The van der Waals surface area contributed by atoms with Crippen molar-refractivity contribution in [2.75, 3.05) is 13.2 Å². The predicted octanol–water partition coefficient (Wildman–Crippen LogP) is 2.28. The van der Waals surface area contributed by atoms with Gasteiger partial charge in [-0.15, -0.1) is 0 Å². The van der Waals surface area contributed by atoms with Crippen LogP contribution in [0.3, 0.4) is 0 Å². The maximum Gasteiger partial charge on any atom is 0.119 e. The summed E-state index contributed by atoms with van der Waals surface area (Å²) < 4.78 is 5.61. The van der Waals surface area contributed by atoms with Gasteiger partial charge in [-0.25, -0.2) is 4.98 Å². The Kier molecular flexibility index (Phi) is 4.78. The molecule has 1 aromatic heterocycles. The molecule has 0 aliphatic carbocycles. The molecule has 0 bridgehead atoms. The topological polar surface area (TPSA) is 49.9 Å². The molecule has 2 N–H and O–H groups in total. The monoisotopic (exact) mass is 245 g/mol. The summed E-state index contributed by atoms with van der Waals surface area (Å²) in [5.74, 6) is 0.931. The largest absolute Gasteiger partial charge is 0.494 e. The summed E-state index contributed by atoms with van der Waals surface area (Å²) in [5.41, 5.74) is 2.21. The fourth-order valence-electron chi connectivity index (χ4n) is 1.68. The van der Waals surface area contributed by atoms with Gasteiger partial charge in [0.15, 0.2) is 0 Å². The summed E-state index contributed by atoms with van der Waals surface area (Å²) in [6, 6.07) is 9.89. The normalized spacial score (nSPS) is 10.5. The number of imidazole rings is 1. The van der Waals surface area contributed by atoms with Crippen LogP contribution in [0, 0.1) is 6.92 Å². The second-order valence-electron chi connectivity index (χ2n) is 4.17. The maximum absolute atomic E-state index is 5.61. The van der Waals surface area contributed by atoms with E-state index in [1.54, 1.807) is 6.33 Å². The number of aromatic amines is 1. The van der Waals surface area contributed by atoms with Gasteiger partial charge in [0, 0.05) is 12.2 Å². The van der Waals surface area contributed by atoms with E-state index < -0.39 is 0 Å². The standard InChI is InChI=1S/C14H19N3O/c1-12-14(17-11-16-12)10-15-8-5-9-18-13-6-3-2-4-7-13/h2-4,6-7,11,15H,5,8-10H2,1H3,(H,16,17). The first-order chi connectivity index (χ1) is 8.86. The molecule has 4 heteroatoms. The van der Waals surface area contributed by atoms with Crippen molar-refractivity contribution in [1.29, 1.82) is 0 Å². The molecule has 0 aliphatic heterocycles. The van der Waals surface area contributed by atoms with Gasteiger partial charge in [0.25, 0.3) is 0 Å². The highest BCUT2D eigenvalue weighted by Crippen LogP contribution is 2.08. The van der Waals surface area contributed by atoms with Gasteiger partial charge >= 0.3 is 0 Å². The van der Waals surface area contributed by atoms with Gasteiger partial charge in [-0.1, -0.05) is 18.2 Å². The summed E-state index contributed by atoms with van der Waals surface area (Å²) in [7, 11) is 0. The fraction of sp³-hybridized carbons (Fsp3) is 0.357. The summed E-state index contributed by atoms with van der Waals surface area (Å²) >= 11 is 0. The van der Waals surface area contributed by atoms with E-state index in [0.29, 0.717) is 0 Å². The van der Waals surface area contributed by atoms with E-state index in [1.807, 2.05) is 37.3 Å². The second kappa shape index (κ2) is 6.81. The number of H-pyrrole nitrogens is 1. The van der Waals surface area contributed by atoms with Crippen molar-refractivity contribution in [2.45, 2.75) is 19.9 Å². The Morgan fingerprint density at radius 1 is 1.28 bits per heavy atom. The van der Waals surface area contributed by atoms with Crippen molar-refractivity contribution in [1.82, 2.24) is 15.3 Å². The molecular weight excluding hydrogens is 226 g/mol. The molecule has 0 aliphatic rings. The summed E-state index contributed by atoms with van der Waals surface area (Å²) in [5, 5.41) is 3.35. The lowest BCUT2D eigenvalue weighted by Crippen LogP contribution is -2.17. The molecule has 0 amide bonds. The van der Waals surface area contributed by atoms with Crippen molar-refractivity contribution in [3.63, 3.8) is 0 Å². The van der Waals surface area contributed by atoms with E-state index in [2.05, 4.69) is 15.3 Å². The van der Waals surface area contributed by atoms with Gasteiger partial charge in [-0.05, 0) is 32.0 Å². The number of aryl methyl sites for hydroxylation is 1. The molecule has 2 aromatic rings. The van der Waals surface area contributed by atoms with E-state index in [0.717, 1.165) is 43.3 Å². The Morgan fingerprint density at radius 2 is 2.11 bits per heavy atom. The molecule has 1 heterocycles. The first-order valence-corrected chi connectivity index (χ1v) is 6.23. The lowest BCUT2D eigenvalue weighted by atomic mass is 10.3. The Balaban J connectivity index is 1.56. The lowest BCUT2D eigenvalue weighted by molar-refractivity contribution is 0.308. The number of nitrogens with zero attached hydrogens (tertiary/aromatic N) is 1. The molecule has 0 atom stereocenters. The zero-order chi connectivity index (χ0) is 12.6. The zero-order valence-corrected chi connectivity index (χ0v) is 10.6. The van der Waals surface area contributed by atoms with E-state index in [9.17, 15) is 0 Å². The SMILES string of the molecule is Cc1[nH]cnc1CNCCCOc1ccccc1. The number of hydrogen-bond acceptors (Lipinski definition) is 3. The lowest BCUT2D eigenvalue weighted by Gasteiger charge is -2.06. The highest BCUT2D eigenvalue weighted by molar-refractivity contribution is 5.20. The van der Waals surface area contributed by atoms with Gasteiger partial charge in [-0.3, -0.25) is 0 Å². The van der Waals surface area contributed by atoms with Crippen molar-refractivity contribution in [3.05, 3.63) is 48.0 Å². The highest BCUT2D eigenvalue weighted by Gasteiger charge is 1.99. The average molecular weight is 245 g/mol. The van der Waals surface area contributed by atoms with Crippen LogP contribution in [-0.2, 0) is 6.54 Å². The Bertz CT molecular complexity index is 453. The number of rotatable bonds is 7. The maximum atomic E-state index is 5.61. The van der Waals surface area contributed by atoms with Gasteiger partial charge in [0.2, 0.25) is 0 Å². The third kappa shape index (κ3) is 3.89. The second-order valence-corrected chi connectivity index (χ2v) is 4.17. The van der Waals surface area contributed by atoms with Gasteiger partial charge in [-0.2, -0.15) is 0 Å². The van der Waals surface area contributed by atoms with Crippen LogP contribution in [-0.4, -0.2) is 23.1 Å². The predicted molar refractivity (Wildman–Crippen MR) is 71.6 cm³/mol. The van der Waals surface area contributed by atoms with Crippen LogP contribution >= 0.6 is 0 Å². The molecule has 96 valence electrons. The Hall–Kier alpha value is -1.81. The molecule has 1 aromatic carbocycles. The summed E-state index contributed by atoms with van der Waals surface area (Å²) in [6.45, 7) is 4.50. The van der Waals surface area contributed by atoms with Crippen molar-refractivity contribution >= 4 is 0 Å². The molecular formula is C14H19N3O. The third-order valence-electron chi connectivity index (χ3n) is 2.74. The zero-order valence-electron chi connectivity index (χ0n) is 10.6. The minimum Gasteiger partial charge on any atom is -0.494 e. The number of para-hydroxylation sites is 1. The first-order valence-electron chi connectivity index (χ1n) is 6.23. The number of nitrogens with one attached hydrogen (secondary N) is 2. The molecule has 0 radical (unpaired) electrons. The molecule has 0 saturated carbocycles. The number of ether oxygens (including phenoxy) is 1. The van der Waals surface area contributed by atoms with Crippen LogP contribution in [0.2, 0.25) is 0 Å². The van der Waals surface area contributed by atoms with Crippen molar-refractivity contribution in [2.24, 2.45) is 0 Å². The number of benzene rings is 1. The smallest absolute Gasteiger partial charge is 0.119 e. The summed E-state index contributed by atoms with van der Waals surface area (Å²) in [4.78, 5) is 7.30. The Labute approximate surface area is 107 Å². The highest BCUT2D eigenvalue weighted by atomic mass is 16.5.